The molecule has 0 radical (unpaired) electrons. The predicted octanol–water partition coefficient (Wildman–Crippen LogP) is 4.11. The van der Waals surface area contributed by atoms with Gasteiger partial charge >= 0.3 is 0 Å². The summed E-state index contributed by atoms with van der Waals surface area (Å²) in [6.45, 7) is 5.86. The number of rotatable bonds is 7. The van der Waals surface area contributed by atoms with E-state index < -0.39 is 6.10 Å². The van der Waals surface area contributed by atoms with E-state index in [0.717, 1.165) is 23.3 Å². The molecular formula is C22H24N4O2. The highest BCUT2D eigenvalue weighted by Crippen LogP contribution is 2.25. The van der Waals surface area contributed by atoms with Gasteiger partial charge in [0.15, 0.2) is 6.10 Å². The summed E-state index contributed by atoms with van der Waals surface area (Å²) in [7, 11) is 0. The Kier molecular flexibility index (Phi) is 5.95. The van der Waals surface area contributed by atoms with E-state index in [4.69, 9.17) is 10.00 Å². The lowest BCUT2D eigenvalue weighted by Gasteiger charge is -2.24. The molecule has 1 heterocycles. The van der Waals surface area contributed by atoms with Crippen LogP contribution in [0.25, 0.3) is 11.0 Å². The molecule has 0 fully saturated rings. The summed E-state index contributed by atoms with van der Waals surface area (Å²) in [6.07, 6.45) is 0.187. The normalized spacial score (nSPS) is 14.1. The van der Waals surface area contributed by atoms with Crippen molar-refractivity contribution in [2.75, 3.05) is 0 Å². The Hall–Kier alpha value is -3.33. The Morgan fingerprint density at radius 2 is 2.04 bits per heavy atom. The van der Waals surface area contributed by atoms with E-state index in [-0.39, 0.29) is 17.9 Å². The van der Waals surface area contributed by atoms with Crippen molar-refractivity contribution in [2.24, 2.45) is 5.92 Å². The number of aromatic amines is 1. The minimum atomic E-state index is -0.704. The lowest BCUT2D eigenvalue weighted by Crippen LogP contribution is -2.41. The first-order valence-corrected chi connectivity index (χ1v) is 9.43. The van der Waals surface area contributed by atoms with Gasteiger partial charge in [0.1, 0.15) is 11.6 Å². The van der Waals surface area contributed by atoms with Gasteiger partial charge in [-0.1, -0.05) is 38.5 Å². The van der Waals surface area contributed by atoms with Gasteiger partial charge in [-0.05, 0) is 43.2 Å². The molecule has 0 saturated heterocycles. The third-order valence-electron chi connectivity index (χ3n) is 4.86. The summed E-state index contributed by atoms with van der Waals surface area (Å²) < 4.78 is 5.73. The number of aromatic nitrogens is 2. The molecule has 0 aliphatic heterocycles. The van der Waals surface area contributed by atoms with Crippen LogP contribution < -0.4 is 10.1 Å². The lowest BCUT2D eigenvalue weighted by molar-refractivity contribution is -0.128. The maximum absolute atomic E-state index is 12.8. The van der Waals surface area contributed by atoms with Crippen LogP contribution in [0.1, 0.15) is 44.6 Å². The molecule has 1 aromatic heterocycles. The lowest BCUT2D eigenvalue weighted by atomic mass is 9.98. The highest BCUT2D eigenvalue weighted by molar-refractivity contribution is 5.81. The zero-order valence-corrected chi connectivity index (χ0v) is 16.3. The number of hydrogen-bond donors (Lipinski definition) is 2. The number of nitrogens with zero attached hydrogens (tertiary/aromatic N) is 2. The third-order valence-corrected chi connectivity index (χ3v) is 4.86. The van der Waals surface area contributed by atoms with Gasteiger partial charge in [-0.25, -0.2) is 4.98 Å². The minimum Gasteiger partial charge on any atom is -0.481 e. The average Bonchev–Trinajstić information content (AvgIpc) is 3.15. The highest BCUT2D eigenvalue weighted by atomic mass is 16.5. The minimum absolute atomic E-state index is 0.193. The maximum atomic E-state index is 12.8. The summed E-state index contributed by atoms with van der Waals surface area (Å²) in [5.74, 6) is 1.19. The largest absolute Gasteiger partial charge is 0.481 e. The van der Waals surface area contributed by atoms with Gasteiger partial charge in [0.05, 0.1) is 28.7 Å². The van der Waals surface area contributed by atoms with Crippen LogP contribution in [0.2, 0.25) is 0 Å². The van der Waals surface area contributed by atoms with E-state index >= 15 is 0 Å². The maximum Gasteiger partial charge on any atom is 0.261 e. The molecular weight excluding hydrogens is 352 g/mol. The second kappa shape index (κ2) is 8.57. The fourth-order valence-electron chi connectivity index (χ4n) is 3.00. The molecule has 6 nitrogen and oxygen atoms in total. The van der Waals surface area contributed by atoms with Crippen molar-refractivity contribution >= 4 is 16.9 Å². The molecule has 2 N–H and O–H groups in total. The summed E-state index contributed by atoms with van der Waals surface area (Å²) in [5, 5.41) is 12.1. The van der Waals surface area contributed by atoms with Crippen LogP contribution in [0.15, 0.2) is 48.5 Å². The second-order valence-corrected chi connectivity index (χ2v) is 6.91. The molecule has 0 bridgehead atoms. The van der Waals surface area contributed by atoms with Crippen molar-refractivity contribution in [3.63, 3.8) is 0 Å². The zero-order valence-electron chi connectivity index (χ0n) is 16.3. The number of fused-ring (bicyclic) bond motifs is 1. The third kappa shape index (κ3) is 4.32. The first-order chi connectivity index (χ1) is 13.5. The number of benzene rings is 2. The molecule has 0 aliphatic rings. The molecule has 3 atom stereocenters. The number of ether oxygens (including phenoxy) is 1. The van der Waals surface area contributed by atoms with Crippen molar-refractivity contribution in [2.45, 2.75) is 39.3 Å². The fraction of sp³-hybridized carbons (Fsp3) is 0.318. The van der Waals surface area contributed by atoms with E-state index in [2.05, 4.69) is 35.2 Å². The van der Waals surface area contributed by atoms with Crippen LogP contribution >= 0.6 is 0 Å². The number of nitriles is 1. The van der Waals surface area contributed by atoms with E-state index in [1.54, 1.807) is 31.2 Å². The average molecular weight is 376 g/mol. The van der Waals surface area contributed by atoms with Crippen LogP contribution in [0.5, 0.6) is 5.75 Å². The number of para-hydroxylation sites is 2. The van der Waals surface area contributed by atoms with Crippen LogP contribution in [0.4, 0.5) is 0 Å². The van der Waals surface area contributed by atoms with Crippen LogP contribution in [-0.4, -0.2) is 22.0 Å². The number of H-pyrrole nitrogens is 1. The number of carbonyl (C=O) groups is 1. The SMILES string of the molecule is CCC(C)C(NC(=O)C(C)Oc1cccc(C#N)c1)c1nc2ccccc2[nH]1. The molecule has 0 aliphatic carbocycles. The summed E-state index contributed by atoms with van der Waals surface area (Å²) >= 11 is 0. The number of nitrogens with one attached hydrogen (secondary N) is 2. The zero-order chi connectivity index (χ0) is 20.1. The predicted molar refractivity (Wildman–Crippen MR) is 108 cm³/mol. The molecule has 2 aromatic carbocycles. The second-order valence-electron chi connectivity index (χ2n) is 6.91. The van der Waals surface area contributed by atoms with E-state index in [1.807, 2.05) is 24.3 Å². The highest BCUT2D eigenvalue weighted by Gasteiger charge is 2.26. The monoisotopic (exact) mass is 376 g/mol. The molecule has 3 rings (SSSR count). The summed E-state index contributed by atoms with van der Waals surface area (Å²) in [4.78, 5) is 20.7. The Bertz CT molecular complexity index is 972. The van der Waals surface area contributed by atoms with Crippen LogP contribution in [-0.2, 0) is 4.79 Å². The van der Waals surface area contributed by atoms with E-state index in [1.165, 1.54) is 0 Å². The van der Waals surface area contributed by atoms with Gasteiger partial charge < -0.3 is 15.0 Å². The molecule has 3 unspecified atom stereocenters. The molecule has 0 spiro atoms. The molecule has 144 valence electrons. The number of hydrogen-bond acceptors (Lipinski definition) is 4. The Morgan fingerprint density at radius 1 is 1.25 bits per heavy atom. The van der Waals surface area contributed by atoms with E-state index in [9.17, 15) is 4.79 Å². The summed E-state index contributed by atoms with van der Waals surface area (Å²) in [6, 6.07) is 16.4. The van der Waals surface area contributed by atoms with Crippen LogP contribution in [0.3, 0.4) is 0 Å². The van der Waals surface area contributed by atoms with Crippen molar-refractivity contribution in [3.8, 4) is 11.8 Å². The van der Waals surface area contributed by atoms with Crippen molar-refractivity contribution < 1.29 is 9.53 Å². The van der Waals surface area contributed by atoms with Gasteiger partial charge in [0.25, 0.3) is 5.91 Å². The standard InChI is InChI=1S/C22H24N4O2/c1-4-14(2)20(21-24-18-10-5-6-11-19(18)25-21)26-22(27)15(3)28-17-9-7-8-16(12-17)13-23/h5-12,14-15,20H,4H2,1-3H3,(H,24,25)(H,26,27). The van der Waals surface area contributed by atoms with Gasteiger partial charge in [0, 0.05) is 0 Å². The fourth-order valence-corrected chi connectivity index (χ4v) is 3.00. The van der Waals surface area contributed by atoms with Gasteiger partial charge in [0.2, 0.25) is 0 Å². The number of carbonyl (C=O) groups excluding carboxylic acids is 1. The summed E-state index contributed by atoms with van der Waals surface area (Å²) in [5.41, 5.74) is 2.31. The Labute approximate surface area is 164 Å². The van der Waals surface area contributed by atoms with E-state index in [0.29, 0.717) is 11.3 Å². The van der Waals surface area contributed by atoms with Gasteiger partial charge in [-0.3, -0.25) is 4.79 Å². The first-order valence-electron chi connectivity index (χ1n) is 9.43. The number of amides is 1. The Balaban J connectivity index is 1.76. The van der Waals surface area contributed by atoms with Crippen LogP contribution in [0, 0.1) is 17.2 Å². The van der Waals surface area contributed by atoms with Gasteiger partial charge in [-0.15, -0.1) is 0 Å². The number of imidazole rings is 1. The smallest absolute Gasteiger partial charge is 0.261 e. The molecule has 3 aromatic rings. The first kappa shape index (κ1) is 19.4. The van der Waals surface area contributed by atoms with Crippen molar-refractivity contribution in [3.05, 3.63) is 59.9 Å². The van der Waals surface area contributed by atoms with Gasteiger partial charge in [-0.2, -0.15) is 5.26 Å². The quantitative estimate of drug-likeness (QED) is 0.649. The molecule has 1 amide bonds. The van der Waals surface area contributed by atoms with Crippen molar-refractivity contribution in [1.82, 2.24) is 15.3 Å². The molecule has 28 heavy (non-hydrogen) atoms. The molecule has 0 saturated carbocycles. The molecule has 6 heteroatoms. The topological polar surface area (TPSA) is 90.8 Å². The Morgan fingerprint density at radius 3 is 2.75 bits per heavy atom. The van der Waals surface area contributed by atoms with Crippen molar-refractivity contribution in [1.29, 1.82) is 5.26 Å².